The largest absolute Gasteiger partial charge is 0.376 e. The molecule has 2 fully saturated rings. The predicted molar refractivity (Wildman–Crippen MR) is 89.6 cm³/mol. The van der Waals surface area contributed by atoms with E-state index in [1.807, 2.05) is 12.1 Å². The molecule has 0 aliphatic carbocycles. The van der Waals surface area contributed by atoms with Crippen LogP contribution in [0.25, 0.3) is 0 Å². The minimum atomic E-state index is -0.0315. The molecule has 6 heteroatoms. The molecule has 1 amide bonds. The molecule has 3 heterocycles. The second-order valence-corrected chi connectivity index (χ2v) is 6.90. The molecule has 0 saturated carbocycles. The van der Waals surface area contributed by atoms with Gasteiger partial charge in [-0.25, -0.2) is 4.98 Å². The highest BCUT2D eigenvalue weighted by atomic mass is 16.5. The number of hydrogen-bond acceptors (Lipinski definition) is 5. The number of carbonyl (C=O) groups excluding carboxylic acids is 1. The van der Waals surface area contributed by atoms with Crippen LogP contribution in [0.1, 0.15) is 29.6 Å². The van der Waals surface area contributed by atoms with Gasteiger partial charge in [0.1, 0.15) is 5.82 Å². The van der Waals surface area contributed by atoms with E-state index in [4.69, 9.17) is 4.74 Å². The van der Waals surface area contributed by atoms with E-state index < -0.39 is 0 Å². The number of nitrogens with zero attached hydrogens (tertiary/aromatic N) is 2. The van der Waals surface area contributed by atoms with Crippen molar-refractivity contribution in [1.29, 1.82) is 0 Å². The molecule has 1 aromatic rings. The highest BCUT2D eigenvalue weighted by Crippen LogP contribution is 2.40. The number of amides is 1. The van der Waals surface area contributed by atoms with Gasteiger partial charge in [-0.3, -0.25) is 4.79 Å². The van der Waals surface area contributed by atoms with Gasteiger partial charge in [0.25, 0.3) is 5.91 Å². The Labute approximate surface area is 137 Å². The van der Waals surface area contributed by atoms with Crippen molar-refractivity contribution in [1.82, 2.24) is 15.2 Å². The Morgan fingerprint density at radius 1 is 1.43 bits per heavy atom. The zero-order chi connectivity index (χ0) is 16.3. The number of aromatic nitrogens is 1. The van der Waals surface area contributed by atoms with Crippen molar-refractivity contribution in [3.8, 4) is 0 Å². The summed E-state index contributed by atoms with van der Waals surface area (Å²) in [7, 11) is 3.48. The fraction of sp³-hybridized carbons (Fsp3) is 0.647. The summed E-state index contributed by atoms with van der Waals surface area (Å²) in [6, 6.07) is 3.66. The second kappa shape index (κ2) is 6.84. The highest BCUT2D eigenvalue weighted by Gasteiger charge is 2.40. The van der Waals surface area contributed by atoms with Gasteiger partial charge in [0.2, 0.25) is 0 Å². The number of piperidine rings is 1. The smallest absolute Gasteiger partial charge is 0.254 e. The Bertz CT molecular complexity index is 538. The molecule has 0 bridgehead atoms. The van der Waals surface area contributed by atoms with Crippen LogP contribution in [0.15, 0.2) is 18.3 Å². The molecule has 6 nitrogen and oxygen atoms in total. The predicted octanol–water partition coefficient (Wildman–Crippen LogP) is 1.35. The van der Waals surface area contributed by atoms with Crippen LogP contribution < -0.4 is 10.6 Å². The van der Waals surface area contributed by atoms with E-state index in [1.54, 1.807) is 25.2 Å². The van der Waals surface area contributed by atoms with Crippen LogP contribution in [0.4, 0.5) is 5.82 Å². The van der Waals surface area contributed by atoms with Gasteiger partial charge in [0.15, 0.2) is 0 Å². The first-order valence-electron chi connectivity index (χ1n) is 8.32. The summed E-state index contributed by atoms with van der Waals surface area (Å²) in [5.41, 5.74) is 0.985. The highest BCUT2D eigenvalue weighted by molar-refractivity contribution is 5.93. The number of ether oxygens (including phenoxy) is 1. The molecule has 2 N–H and O–H groups in total. The first kappa shape index (κ1) is 16.2. The molecule has 23 heavy (non-hydrogen) atoms. The molecule has 1 unspecified atom stereocenters. The number of anilines is 1. The molecular formula is C17H26N4O2. The van der Waals surface area contributed by atoms with Gasteiger partial charge in [-0.2, -0.15) is 0 Å². The van der Waals surface area contributed by atoms with Gasteiger partial charge in [-0.05, 0) is 49.9 Å². The molecule has 1 aromatic heterocycles. The lowest BCUT2D eigenvalue weighted by Crippen LogP contribution is -2.37. The third-order valence-electron chi connectivity index (χ3n) is 4.88. The molecule has 0 aromatic carbocycles. The van der Waals surface area contributed by atoms with E-state index in [0.29, 0.717) is 11.0 Å². The topological polar surface area (TPSA) is 66.5 Å². The average molecular weight is 318 g/mol. The Morgan fingerprint density at radius 2 is 2.22 bits per heavy atom. The lowest BCUT2D eigenvalue weighted by molar-refractivity contribution is 0.0827. The van der Waals surface area contributed by atoms with Crippen LogP contribution in [-0.4, -0.2) is 62.2 Å². The lowest BCUT2D eigenvalue weighted by atomic mass is 9.77. The van der Waals surface area contributed by atoms with Crippen molar-refractivity contribution in [3.05, 3.63) is 23.9 Å². The maximum atomic E-state index is 11.8. The van der Waals surface area contributed by atoms with E-state index in [1.165, 1.54) is 12.8 Å². The van der Waals surface area contributed by atoms with Crippen molar-refractivity contribution in [3.63, 3.8) is 0 Å². The fourth-order valence-electron chi connectivity index (χ4n) is 3.43. The Hall–Kier alpha value is -1.66. The normalized spacial score (nSPS) is 23.0. The van der Waals surface area contributed by atoms with Crippen molar-refractivity contribution < 1.29 is 9.53 Å². The molecule has 2 saturated heterocycles. The number of nitrogens with one attached hydrogen (secondary N) is 2. The van der Waals surface area contributed by atoms with Crippen LogP contribution >= 0.6 is 0 Å². The Balaban J connectivity index is 1.50. The fourth-order valence-corrected chi connectivity index (χ4v) is 3.43. The van der Waals surface area contributed by atoms with Crippen molar-refractivity contribution >= 4 is 11.7 Å². The molecule has 1 spiro atoms. The number of carbonyl (C=O) groups is 1. The molecular weight excluding hydrogens is 292 g/mol. The summed E-state index contributed by atoms with van der Waals surface area (Å²) in [5, 5.41) is 6.75. The van der Waals surface area contributed by atoms with E-state index >= 15 is 0 Å². The minimum absolute atomic E-state index is 0.0315. The van der Waals surface area contributed by atoms with E-state index in [0.717, 1.165) is 38.5 Å². The zero-order valence-corrected chi connectivity index (χ0v) is 14.0. The van der Waals surface area contributed by atoms with Gasteiger partial charge in [0.05, 0.1) is 18.3 Å². The maximum absolute atomic E-state index is 11.8. The third-order valence-corrected chi connectivity index (χ3v) is 4.88. The van der Waals surface area contributed by atoms with Gasteiger partial charge < -0.3 is 20.3 Å². The summed E-state index contributed by atoms with van der Waals surface area (Å²) < 4.78 is 5.98. The minimum Gasteiger partial charge on any atom is -0.376 e. The maximum Gasteiger partial charge on any atom is 0.254 e. The van der Waals surface area contributed by atoms with Crippen LogP contribution in [-0.2, 0) is 4.74 Å². The average Bonchev–Trinajstić information content (AvgIpc) is 2.96. The van der Waals surface area contributed by atoms with Crippen LogP contribution in [0.2, 0.25) is 0 Å². The summed E-state index contributed by atoms with van der Waals surface area (Å²) in [4.78, 5) is 17.7. The van der Waals surface area contributed by atoms with Gasteiger partial charge in [-0.15, -0.1) is 0 Å². The first-order valence-corrected chi connectivity index (χ1v) is 8.32. The third kappa shape index (κ3) is 3.82. The van der Waals surface area contributed by atoms with Crippen LogP contribution in [0.5, 0.6) is 0 Å². The summed E-state index contributed by atoms with van der Waals surface area (Å²) in [6.45, 7) is 3.85. The number of pyridine rings is 1. The van der Waals surface area contributed by atoms with E-state index in [2.05, 4.69) is 15.6 Å². The summed E-state index contributed by atoms with van der Waals surface area (Å²) >= 11 is 0. The monoisotopic (exact) mass is 318 g/mol. The van der Waals surface area contributed by atoms with Gasteiger partial charge >= 0.3 is 0 Å². The molecule has 2 aliphatic rings. The zero-order valence-electron chi connectivity index (χ0n) is 14.0. The Morgan fingerprint density at radius 3 is 2.87 bits per heavy atom. The Kier molecular flexibility index (Phi) is 4.82. The molecule has 3 rings (SSSR count). The van der Waals surface area contributed by atoms with Gasteiger partial charge in [0, 0.05) is 26.8 Å². The van der Waals surface area contributed by atoms with Crippen molar-refractivity contribution in [2.75, 3.05) is 45.7 Å². The van der Waals surface area contributed by atoms with E-state index in [9.17, 15) is 4.79 Å². The molecule has 126 valence electrons. The summed E-state index contributed by atoms with van der Waals surface area (Å²) in [5.74, 6) is 0.756. The molecule has 2 aliphatic heterocycles. The first-order chi connectivity index (χ1) is 11.1. The number of rotatable bonds is 4. The van der Waals surface area contributed by atoms with Crippen molar-refractivity contribution in [2.45, 2.75) is 25.4 Å². The molecule has 0 radical (unpaired) electrons. The van der Waals surface area contributed by atoms with Crippen LogP contribution in [0, 0.1) is 5.41 Å². The second-order valence-electron chi connectivity index (χ2n) is 6.90. The van der Waals surface area contributed by atoms with Gasteiger partial charge in [-0.1, -0.05) is 0 Å². The van der Waals surface area contributed by atoms with Crippen molar-refractivity contribution in [2.24, 2.45) is 5.41 Å². The summed E-state index contributed by atoms with van der Waals surface area (Å²) in [6.07, 6.45) is 5.41. The van der Waals surface area contributed by atoms with E-state index in [-0.39, 0.29) is 12.0 Å². The van der Waals surface area contributed by atoms with Crippen LogP contribution in [0.3, 0.4) is 0 Å². The standard InChI is InChI=1S/C17H26N4O2/c1-21(2)16(22)13-3-4-15(19-10-13)20-11-14-9-17(12-23-14)5-7-18-8-6-17/h3-4,10,14,18H,5-9,11-12H2,1-2H3,(H,19,20). The SMILES string of the molecule is CN(C)C(=O)c1ccc(NCC2CC3(CCNCC3)CO2)nc1. The quantitative estimate of drug-likeness (QED) is 0.877. The molecule has 1 atom stereocenters. The lowest BCUT2D eigenvalue weighted by Gasteiger charge is -2.32. The number of hydrogen-bond donors (Lipinski definition) is 2.